The van der Waals surface area contributed by atoms with E-state index in [0.717, 1.165) is 23.4 Å². The summed E-state index contributed by atoms with van der Waals surface area (Å²) in [6.07, 6.45) is 1.24. The average molecular weight is 512 g/mol. The number of rotatable bonds is 8. The molecule has 0 saturated heterocycles. The van der Waals surface area contributed by atoms with Gasteiger partial charge in [0.1, 0.15) is 5.76 Å². The van der Waals surface area contributed by atoms with Crippen molar-refractivity contribution < 1.29 is 32.2 Å². The maximum Gasteiger partial charge on any atom is 0.417 e. The fourth-order valence-electron chi connectivity index (χ4n) is 3.18. The maximum atomic E-state index is 13.1. The normalized spacial score (nSPS) is 16.0. The third-order valence-corrected chi connectivity index (χ3v) is 5.91. The van der Waals surface area contributed by atoms with E-state index in [0.29, 0.717) is 29.3 Å². The SMILES string of the molecule is O=C(O)CSc1n[nH]c(-c2ccc(C3=CC(OCc4ccc(Cl)c(C(F)(F)F)c4)CC=C3)o2)n1. The zero-order valence-electron chi connectivity index (χ0n) is 17.3. The van der Waals surface area contributed by atoms with Crippen molar-refractivity contribution in [3.8, 4) is 11.6 Å². The molecule has 34 heavy (non-hydrogen) atoms. The minimum absolute atomic E-state index is 0.0131. The molecule has 1 aliphatic rings. The van der Waals surface area contributed by atoms with E-state index in [1.165, 1.54) is 12.1 Å². The Kier molecular flexibility index (Phi) is 7.15. The van der Waals surface area contributed by atoms with Gasteiger partial charge in [-0.25, -0.2) is 0 Å². The molecule has 3 aromatic rings. The van der Waals surface area contributed by atoms with Crippen molar-refractivity contribution in [2.75, 3.05) is 5.75 Å². The second-order valence-corrected chi connectivity index (χ2v) is 8.58. The van der Waals surface area contributed by atoms with Crippen LogP contribution in [-0.2, 0) is 22.3 Å². The first-order chi connectivity index (χ1) is 16.2. The standard InChI is InChI=1S/C22H17ClF3N3O4S/c23-16-5-4-12(8-15(16)22(24,25)26)10-32-14-3-1-2-13(9-14)17-6-7-18(33-17)20-27-21(29-28-20)34-11-19(30)31/h1-2,4-9,14H,3,10-11H2,(H,30,31)(H,27,28,29). The Morgan fingerprint density at radius 1 is 1.29 bits per heavy atom. The van der Waals surface area contributed by atoms with Crippen molar-refractivity contribution in [2.45, 2.75) is 30.5 Å². The summed E-state index contributed by atoms with van der Waals surface area (Å²) in [5.74, 6) is 0.189. The second kappa shape index (κ2) is 10.1. The van der Waals surface area contributed by atoms with E-state index < -0.39 is 17.7 Å². The number of carboxylic acid groups (broad SMARTS) is 1. The minimum Gasteiger partial charge on any atom is -0.481 e. The highest BCUT2D eigenvalue weighted by molar-refractivity contribution is 7.99. The van der Waals surface area contributed by atoms with Gasteiger partial charge in [-0.15, -0.1) is 5.10 Å². The van der Waals surface area contributed by atoms with E-state index in [4.69, 9.17) is 25.9 Å². The predicted octanol–water partition coefficient (Wildman–Crippen LogP) is 5.84. The Labute approximate surface area is 200 Å². The number of aromatic amines is 1. The molecule has 178 valence electrons. The van der Waals surface area contributed by atoms with Crippen LogP contribution in [0.4, 0.5) is 13.2 Å². The van der Waals surface area contributed by atoms with Gasteiger partial charge in [-0.3, -0.25) is 9.89 Å². The first-order valence-corrected chi connectivity index (χ1v) is 11.3. The van der Waals surface area contributed by atoms with Gasteiger partial charge in [0.2, 0.25) is 5.16 Å². The number of thioether (sulfide) groups is 1. The smallest absolute Gasteiger partial charge is 0.417 e. The van der Waals surface area contributed by atoms with Gasteiger partial charge in [0.05, 0.1) is 29.0 Å². The molecule has 7 nitrogen and oxygen atoms in total. The maximum absolute atomic E-state index is 13.1. The van der Waals surface area contributed by atoms with Crippen LogP contribution < -0.4 is 0 Å². The quantitative estimate of drug-likeness (QED) is 0.366. The Morgan fingerprint density at radius 3 is 2.85 bits per heavy atom. The Balaban J connectivity index is 1.42. The molecular weight excluding hydrogens is 495 g/mol. The first-order valence-electron chi connectivity index (χ1n) is 9.92. The van der Waals surface area contributed by atoms with Gasteiger partial charge in [0.15, 0.2) is 11.6 Å². The van der Waals surface area contributed by atoms with Crippen LogP contribution in [0.3, 0.4) is 0 Å². The lowest BCUT2D eigenvalue weighted by atomic mass is 10.0. The molecule has 0 spiro atoms. The molecular formula is C22H17ClF3N3O4S. The first kappa shape index (κ1) is 24.1. The van der Waals surface area contributed by atoms with Gasteiger partial charge in [0.25, 0.3) is 0 Å². The van der Waals surface area contributed by atoms with E-state index in [-0.39, 0.29) is 28.6 Å². The number of allylic oxidation sites excluding steroid dienone is 2. The number of carboxylic acids is 1. The number of hydrogen-bond donors (Lipinski definition) is 2. The molecule has 4 rings (SSSR count). The number of alkyl halides is 3. The van der Waals surface area contributed by atoms with E-state index in [2.05, 4.69) is 15.2 Å². The van der Waals surface area contributed by atoms with Gasteiger partial charge >= 0.3 is 12.1 Å². The van der Waals surface area contributed by atoms with Gasteiger partial charge in [-0.1, -0.05) is 41.6 Å². The highest BCUT2D eigenvalue weighted by atomic mass is 35.5. The molecule has 2 aromatic heterocycles. The summed E-state index contributed by atoms with van der Waals surface area (Å²) in [4.78, 5) is 14.9. The van der Waals surface area contributed by atoms with Gasteiger partial charge in [-0.2, -0.15) is 18.2 Å². The molecule has 0 bridgehead atoms. The Hall–Kier alpha value is -3.02. The lowest BCUT2D eigenvalue weighted by molar-refractivity contribution is -0.137. The number of carbonyl (C=O) groups is 1. The second-order valence-electron chi connectivity index (χ2n) is 7.23. The molecule has 0 aliphatic heterocycles. The molecule has 12 heteroatoms. The molecule has 1 aliphatic carbocycles. The minimum atomic E-state index is -4.54. The van der Waals surface area contributed by atoms with Gasteiger partial charge < -0.3 is 14.3 Å². The van der Waals surface area contributed by atoms with E-state index in [1.807, 2.05) is 18.2 Å². The number of hydrogen-bond acceptors (Lipinski definition) is 6. The van der Waals surface area contributed by atoms with Crippen LogP contribution >= 0.6 is 23.4 Å². The number of nitrogens with one attached hydrogen (secondary N) is 1. The van der Waals surface area contributed by atoms with Crippen LogP contribution in [0.2, 0.25) is 5.02 Å². The third kappa shape index (κ3) is 5.91. The molecule has 0 saturated carbocycles. The number of furan rings is 1. The van der Waals surface area contributed by atoms with E-state index in [9.17, 15) is 18.0 Å². The number of aromatic nitrogens is 3. The molecule has 1 unspecified atom stereocenters. The highest BCUT2D eigenvalue weighted by Gasteiger charge is 2.33. The number of aliphatic carboxylic acids is 1. The summed E-state index contributed by atoms with van der Waals surface area (Å²) in [6, 6.07) is 7.15. The molecule has 0 radical (unpaired) electrons. The van der Waals surface area contributed by atoms with Gasteiger partial charge in [0, 0.05) is 5.57 Å². The summed E-state index contributed by atoms with van der Waals surface area (Å²) < 4.78 is 50.9. The molecule has 2 heterocycles. The Bertz CT molecular complexity index is 1250. The summed E-state index contributed by atoms with van der Waals surface area (Å²) in [5.41, 5.74) is 0.216. The summed E-state index contributed by atoms with van der Waals surface area (Å²) in [6.45, 7) is -0.0131. The van der Waals surface area contributed by atoms with E-state index in [1.54, 1.807) is 12.1 Å². The van der Waals surface area contributed by atoms with Crippen LogP contribution in [-0.4, -0.2) is 38.1 Å². The average Bonchev–Trinajstić information content (AvgIpc) is 3.46. The van der Waals surface area contributed by atoms with Crippen molar-refractivity contribution in [1.82, 2.24) is 15.2 Å². The lowest BCUT2D eigenvalue weighted by Crippen LogP contribution is -2.12. The largest absolute Gasteiger partial charge is 0.481 e. The van der Waals surface area contributed by atoms with Crippen LogP contribution in [0.25, 0.3) is 17.2 Å². The fourth-order valence-corrected chi connectivity index (χ4v) is 3.93. The van der Waals surface area contributed by atoms with Crippen molar-refractivity contribution in [3.63, 3.8) is 0 Å². The molecule has 1 aromatic carbocycles. The van der Waals surface area contributed by atoms with Crippen molar-refractivity contribution in [1.29, 1.82) is 0 Å². The molecule has 1 atom stereocenters. The summed E-state index contributed by atoms with van der Waals surface area (Å²) >= 11 is 6.65. The predicted molar refractivity (Wildman–Crippen MR) is 119 cm³/mol. The topological polar surface area (TPSA) is 101 Å². The number of halogens is 4. The number of benzene rings is 1. The zero-order chi connectivity index (χ0) is 24.3. The lowest BCUT2D eigenvalue weighted by Gasteiger charge is -2.18. The number of H-pyrrole nitrogens is 1. The van der Waals surface area contributed by atoms with Crippen molar-refractivity contribution in [2.24, 2.45) is 0 Å². The highest BCUT2D eigenvalue weighted by Crippen LogP contribution is 2.35. The van der Waals surface area contributed by atoms with Crippen LogP contribution in [0.1, 0.15) is 23.3 Å². The molecule has 0 amide bonds. The van der Waals surface area contributed by atoms with Crippen LogP contribution in [0.5, 0.6) is 0 Å². The molecule has 2 N–H and O–H groups in total. The fraction of sp³-hybridized carbons (Fsp3) is 0.227. The summed E-state index contributed by atoms with van der Waals surface area (Å²) in [7, 11) is 0. The van der Waals surface area contributed by atoms with Gasteiger partial charge in [-0.05, 0) is 42.3 Å². The zero-order valence-corrected chi connectivity index (χ0v) is 18.9. The monoisotopic (exact) mass is 511 g/mol. The van der Waals surface area contributed by atoms with Crippen LogP contribution in [0.15, 0.2) is 58.1 Å². The third-order valence-electron chi connectivity index (χ3n) is 4.75. The summed E-state index contributed by atoms with van der Waals surface area (Å²) in [5, 5.41) is 15.3. The van der Waals surface area contributed by atoms with Crippen LogP contribution in [0, 0.1) is 0 Å². The van der Waals surface area contributed by atoms with E-state index >= 15 is 0 Å². The van der Waals surface area contributed by atoms with Crippen molar-refractivity contribution in [3.05, 3.63) is 70.5 Å². The van der Waals surface area contributed by atoms with Crippen molar-refractivity contribution >= 4 is 34.9 Å². The number of nitrogens with zero attached hydrogens (tertiary/aromatic N) is 2. The Morgan fingerprint density at radius 2 is 2.09 bits per heavy atom. The molecule has 0 fully saturated rings. The number of ether oxygens (including phenoxy) is 1.